The van der Waals surface area contributed by atoms with Gasteiger partial charge in [-0.25, -0.2) is 4.98 Å². The highest BCUT2D eigenvalue weighted by Gasteiger charge is 2.46. The fraction of sp³-hybridized carbons (Fsp3) is 0.194. The molecule has 0 saturated heterocycles. The number of rotatable bonds is 8. The average molecular weight is 555 g/mol. The molecule has 3 heterocycles. The summed E-state index contributed by atoms with van der Waals surface area (Å²) >= 11 is 1.32. The molecule has 40 heavy (non-hydrogen) atoms. The van der Waals surface area contributed by atoms with Crippen molar-refractivity contribution in [1.29, 1.82) is 0 Å². The second-order valence-electron chi connectivity index (χ2n) is 9.55. The summed E-state index contributed by atoms with van der Waals surface area (Å²) in [6.07, 6.45) is 0.823. The van der Waals surface area contributed by atoms with Crippen molar-refractivity contribution < 1.29 is 28.6 Å². The third-order valence-corrected chi connectivity index (χ3v) is 7.81. The Balaban J connectivity index is 1.50. The van der Waals surface area contributed by atoms with Gasteiger partial charge in [0.25, 0.3) is 5.91 Å². The zero-order chi connectivity index (χ0) is 28.0. The second kappa shape index (κ2) is 10.2. The van der Waals surface area contributed by atoms with Crippen LogP contribution >= 0.6 is 11.3 Å². The highest BCUT2D eigenvalue weighted by molar-refractivity contribution is 7.22. The highest BCUT2D eigenvalue weighted by Crippen LogP contribution is 2.45. The number of Topliss-reactive ketones (excluding diaryl/α,β-unsaturated/α-hetero) is 1. The Morgan fingerprint density at radius 3 is 2.75 bits per heavy atom. The van der Waals surface area contributed by atoms with Crippen molar-refractivity contribution in [3.05, 3.63) is 94.9 Å². The van der Waals surface area contributed by atoms with Gasteiger partial charge in [-0.05, 0) is 60.9 Å². The van der Waals surface area contributed by atoms with E-state index in [1.165, 1.54) is 23.3 Å². The Kier molecular flexibility index (Phi) is 6.51. The maximum atomic E-state index is 14.0. The molecule has 0 fully saturated rings. The van der Waals surface area contributed by atoms with Crippen LogP contribution in [0.25, 0.3) is 21.2 Å². The molecule has 1 unspecified atom stereocenters. The Bertz CT molecular complexity index is 1820. The molecule has 0 bridgehead atoms. The maximum absolute atomic E-state index is 14.0. The van der Waals surface area contributed by atoms with Crippen LogP contribution in [0.3, 0.4) is 0 Å². The van der Waals surface area contributed by atoms with Crippen molar-refractivity contribution >= 4 is 49.3 Å². The number of aliphatic hydroxyl groups excluding tert-OH is 1. The fourth-order valence-corrected chi connectivity index (χ4v) is 6.00. The number of aromatic nitrogens is 1. The zero-order valence-electron chi connectivity index (χ0n) is 22.1. The number of ketones is 1. The minimum atomic E-state index is -0.957. The van der Waals surface area contributed by atoms with Crippen LogP contribution in [0.1, 0.15) is 41.1 Å². The van der Waals surface area contributed by atoms with Crippen LogP contribution in [0.5, 0.6) is 11.5 Å². The van der Waals surface area contributed by atoms with Crippen LogP contribution in [0.2, 0.25) is 0 Å². The maximum Gasteiger partial charge on any atom is 0.296 e. The first-order valence-electron chi connectivity index (χ1n) is 12.9. The molecule has 202 valence electrons. The van der Waals surface area contributed by atoms with Gasteiger partial charge in [0.2, 0.25) is 5.78 Å². The predicted octanol–water partition coefficient (Wildman–Crippen LogP) is 6.93. The summed E-state index contributed by atoms with van der Waals surface area (Å²) < 4.78 is 18.0. The molecule has 1 aliphatic rings. The van der Waals surface area contributed by atoms with Crippen molar-refractivity contribution in [2.24, 2.45) is 0 Å². The molecule has 8 nitrogen and oxygen atoms in total. The number of anilines is 1. The third kappa shape index (κ3) is 4.28. The van der Waals surface area contributed by atoms with Gasteiger partial charge in [0.05, 0.1) is 35.5 Å². The molecule has 0 radical (unpaired) electrons. The van der Waals surface area contributed by atoms with Gasteiger partial charge in [0.1, 0.15) is 5.75 Å². The highest BCUT2D eigenvalue weighted by atomic mass is 32.1. The monoisotopic (exact) mass is 554 g/mol. The summed E-state index contributed by atoms with van der Waals surface area (Å²) in [6, 6.07) is 19.0. The Labute approximate surface area is 234 Å². The van der Waals surface area contributed by atoms with E-state index < -0.39 is 23.5 Å². The standard InChI is InChI=1S/C31H26N2O6S/c1-4-13-38-20-9-5-7-18(15-20)26-25(27(34)23-16-19-8-6-10-22(37-3)29(19)39-23)28(35)30(36)33(26)31-32-21-12-11-17(2)14-24(21)40-31/h5-12,14-16,26,35H,4,13H2,1-3H3. The molecule has 9 heteroatoms. The van der Waals surface area contributed by atoms with Crippen LogP contribution in [0.15, 0.2) is 82.5 Å². The number of para-hydroxylation sites is 1. The summed E-state index contributed by atoms with van der Waals surface area (Å²) in [5.41, 5.74) is 2.69. The van der Waals surface area contributed by atoms with Gasteiger partial charge < -0.3 is 19.0 Å². The number of amides is 1. The third-order valence-electron chi connectivity index (χ3n) is 6.79. The van der Waals surface area contributed by atoms with Gasteiger partial charge in [-0.3, -0.25) is 14.5 Å². The van der Waals surface area contributed by atoms with Gasteiger partial charge in [-0.15, -0.1) is 0 Å². The molecule has 0 spiro atoms. The molecule has 2 aromatic heterocycles. The SMILES string of the molecule is CCCOc1cccc(C2C(C(=O)c3cc4cccc(OC)c4o3)=C(O)C(=O)N2c2nc3ccc(C)cc3s2)c1. The van der Waals surface area contributed by atoms with Gasteiger partial charge in [-0.1, -0.05) is 48.6 Å². The first-order valence-corrected chi connectivity index (χ1v) is 13.7. The molecule has 1 N–H and O–H groups in total. The minimum absolute atomic E-state index is 0.0148. The van der Waals surface area contributed by atoms with E-state index in [2.05, 4.69) is 0 Å². The Hall–Kier alpha value is -4.63. The van der Waals surface area contributed by atoms with Crippen molar-refractivity contribution in [3.63, 3.8) is 0 Å². The number of nitrogens with zero attached hydrogens (tertiary/aromatic N) is 2. The van der Waals surface area contributed by atoms with Crippen LogP contribution in [0.4, 0.5) is 5.13 Å². The summed E-state index contributed by atoms with van der Waals surface area (Å²) in [5.74, 6) is -0.901. The quantitative estimate of drug-likeness (QED) is 0.208. The summed E-state index contributed by atoms with van der Waals surface area (Å²) in [7, 11) is 1.52. The second-order valence-corrected chi connectivity index (χ2v) is 10.6. The summed E-state index contributed by atoms with van der Waals surface area (Å²) in [5, 5.41) is 12.2. The van der Waals surface area contributed by atoms with Gasteiger partial charge in [0.15, 0.2) is 28.0 Å². The number of methoxy groups -OCH3 is 1. The number of fused-ring (bicyclic) bond motifs is 2. The number of thiazole rings is 1. The predicted molar refractivity (Wildman–Crippen MR) is 154 cm³/mol. The van der Waals surface area contributed by atoms with E-state index in [4.69, 9.17) is 18.9 Å². The number of carbonyl (C=O) groups excluding carboxylic acids is 2. The molecule has 1 atom stereocenters. The summed E-state index contributed by atoms with van der Waals surface area (Å²) in [6.45, 7) is 4.51. The molecule has 0 saturated carbocycles. The van der Waals surface area contributed by atoms with Crippen LogP contribution in [0, 0.1) is 6.92 Å². The first kappa shape index (κ1) is 25.6. The fourth-order valence-electron chi connectivity index (χ4n) is 4.91. The smallest absolute Gasteiger partial charge is 0.296 e. The number of hydrogen-bond donors (Lipinski definition) is 1. The van der Waals surface area contributed by atoms with Crippen LogP contribution < -0.4 is 14.4 Å². The Morgan fingerprint density at radius 2 is 1.95 bits per heavy atom. The normalized spacial score (nSPS) is 15.4. The van der Waals surface area contributed by atoms with E-state index in [0.717, 1.165) is 22.2 Å². The lowest BCUT2D eigenvalue weighted by Crippen LogP contribution is -2.31. The number of ether oxygens (including phenoxy) is 2. The molecule has 1 aliphatic heterocycles. The lowest BCUT2D eigenvalue weighted by Gasteiger charge is -2.24. The van der Waals surface area contributed by atoms with Gasteiger partial charge in [-0.2, -0.15) is 0 Å². The lowest BCUT2D eigenvalue weighted by atomic mass is 9.95. The number of carbonyl (C=O) groups is 2. The molecule has 1 amide bonds. The van der Waals surface area contributed by atoms with E-state index in [1.807, 2.05) is 38.1 Å². The average Bonchev–Trinajstić information content (AvgIpc) is 3.65. The number of benzene rings is 3. The number of aryl methyl sites for hydroxylation is 1. The largest absolute Gasteiger partial charge is 0.503 e. The minimum Gasteiger partial charge on any atom is -0.503 e. The van der Waals surface area contributed by atoms with Crippen molar-refractivity contribution in [2.45, 2.75) is 26.3 Å². The van der Waals surface area contributed by atoms with Crippen LogP contribution in [-0.4, -0.2) is 35.5 Å². The van der Waals surface area contributed by atoms with Gasteiger partial charge >= 0.3 is 0 Å². The molecular weight excluding hydrogens is 528 g/mol. The van der Waals surface area contributed by atoms with E-state index in [1.54, 1.807) is 42.5 Å². The molecule has 0 aliphatic carbocycles. The molecule has 6 rings (SSSR count). The van der Waals surface area contributed by atoms with E-state index in [0.29, 0.717) is 39.8 Å². The first-order chi connectivity index (χ1) is 19.4. The van der Waals surface area contributed by atoms with Crippen molar-refractivity contribution in [1.82, 2.24) is 4.98 Å². The van der Waals surface area contributed by atoms with E-state index in [-0.39, 0.29) is 11.3 Å². The number of furan rings is 1. The van der Waals surface area contributed by atoms with E-state index >= 15 is 0 Å². The number of hydrogen-bond acceptors (Lipinski definition) is 8. The van der Waals surface area contributed by atoms with Crippen molar-refractivity contribution in [3.8, 4) is 11.5 Å². The summed E-state index contributed by atoms with van der Waals surface area (Å²) in [4.78, 5) is 33.8. The topological polar surface area (TPSA) is 102 Å². The van der Waals surface area contributed by atoms with Crippen LogP contribution in [-0.2, 0) is 4.79 Å². The number of aliphatic hydroxyl groups is 1. The Morgan fingerprint density at radius 1 is 1.12 bits per heavy atom. The van der Waals surface area contributed by atoms with E-state index in [9.17, 15) is 14.7 Å². The molecular formula is C31H26N2O6S. The zero-order valence-corrected chi connectivity index (χ0v) is 23.0. The van der Waals surface area contributed by atoms with Gasteiger partial charge in [0, 0.05) is 5.39 Å². The molecule has 5 aromatic rings. The molecule has 3 aromatic carbocycles. The lowest BCUT2D eigenvalue weighted by molar-refractivity contribution is -0.117. The van der Waals surface area contributed by atoms with Crippen molar-refractivity contribution in [2.75, 3.05) is 18.6 Å².